The van der Waals surface area contributed by atoms with E-state index in [0.29, 0.717) is 36.4 Å². The summed E-state index contributed by atoms with van der Waals surface area (Å²) in [4.78, 5) is 24.4. The van der Waals surface area contributed by atoms with Crippen molar-refractivity contribution in [2.45, 2.75) is 26.3 Å². The average molecular weight is 425 g/mol. The normalized spacial score (nSPS) is 16.5. The molecule has 1 aliphatic heterocycles. The number of ether oxygens (including phenoxy) is 1. The van der Waals surface area contributed by atoms with Crippen molar-refractivity contribution in [1.82, 2.24) is 15.3 Å². The molecule has 1 fully saturated rings. The van der Waals surface area contributed by atoms with Crippen molar-refractivity contribution < 1.29 is 9.53 Å². The van der Waals surface area contributed by atoms with Gasteiger partial charge in [0.25, 0.3) is 5.88 Å². The quantitative estimate of drug-likeness (QED) is 0.641. The highest BCUT2D eigenvalue weighted by molar-refractivity contribution is 6.31. The molecule has 156 valence electrons. The first-order chi connectivity index (χ1) is 14.7. The molecule has 0 radical (unpaired) electrons. The van der Waals surface area contributed by atoms with Gasteiger partial charge in [0.15, 0.2) is 5.82 Å². The second-order valence-corrected chi connectivity index (χ2v) is 7.78. The van der Waals surface area contributed by atoms with Gasteiger partial charge in [-0.1, -0.05) is 41.9 Å². The number of amides is 1. The van der Waals surface area contributed by atoms with Crippen LogP contribution in [0.2, 0.25) is 5.02 Å². The number of rotatable bonds is 6. The Morgan fingerprint density at radius 3 is 2.67 bits per heavy atom. The highest BCUT2D eigenvalue weighted by Gasteiger charge is 2.29. The second kappa shape index (κ2) is 9.30. The highest BCUT2D eigenvalue weighted by Crippen LogP contribution is 2.30. The van der Waals surface area contributed by atoms with E-state index in [-0.39, 0.29) is 11.8 Å². The zero-order valence-electron chi connectivity index (χ0n) is 17.0. The molecule has 6 nitrogen and oxygen atoms in total. The highest BCUT2D eigenvalue weighted by atomic mass is 35.5. The van der Waals surface area contributed by atoms with Crippen LogP contribution in [0.15, 0.2) is 48.5 Å². The van der Waals surface area contributed by atoms with E-state index in [1.54, 1.807) is 0 Å². The molecule has 0 spiro atoms. The van der Waals surface area contributed by atoms with Crippen molar-refractivity contribution in [1.29, 1.82) is 0 Å². The van der Waals surface area contributed by atoms with Crippen LogP contribution >= 0.6 is 11.6 Å². The van der Waals surface area contributed by atoms with Crippen molar-refractivity contribution in [3.63, 3.8) is 0 Å². The summed E-state index contributed by atoms with van der Waals surface area (Å²) in [5.41, 5.74) is 2.54. The van der Waals surface area contributed by atoms with Crippen LogP contribution in [0.5, 0.6) is 5.88 Å². The lowest BCUT2D eigenvalue weighted by Gasteiger charge is -2.33. The van der Waals surface area contributed by atoms with Gasteiger partial charge in [-0.3, -0.25) is 4.79 Å². The Morgan fingerprint density at radius 2 is 1.90 bits per heavy atom. The second-order valence-electron chi connectivity index (χ2n) is 7.37. The number of piperidine rings is 1. The minimum absolute atomic E-state index is 0.0336. The maximum Gasteiger partial charge on any atom is 0.258 e. The van der Waals surface area contributed by atoms with Gasteiger partial charge >= 0.3 is 0 Å². The lowest BCUT2D eigenvalue weighted by molar-refractivity contribution is -0.125. The number of nitrogens with zero attached hydrogens (tertiary/aromatic N) is 3. The van der Waals surface area contributed by atoms with E-state index in [9.17, 15) is 4.79 Å². The fourth-order valence-corrected chi connectivity index (χ4v) is 3.97. The molecule has 30 heavy (non-hydrogen) atoms. The molecule has 1 aliphatic rings. The van der Waals surface area contributed by atoms with Crippen LogP contribution < -0.4 is 15.0 Å². The Morgan fingerprint density at radius 1 is 1.17 bits per heavy atom. The third-order valence-corrected chi connectivity index (χ3v) is 5.67. The van der Waals surface area contributed by atoms with Gasteiger partial charge in [0.2, 0.25) is 5.91 Å². The van der Waals surface area contributed by atoms with Crippen molar-refractivity contribution in [2.24, 2.45) is 5.92 Å². The van der Waals surface area contributed by atoms with Gasteiger partial charge in [0.05, 0.1) is 23.6 Å². The van der Waals surface area contributed by atoms with Crippen molar-refractivity contribution in [2.75, 3.05) is 24.6 Å². The summed E-state index contributed by atoms with van der Waals surface area (Å²) in [5, 5.41) is 3.70. The largest absolute Gasteiger partial charge is 0.475 e. The summed E-state index contributed by atoms with van der Waals surface area (Å²) < 4.78 is 5.78. The smallest absolute Gasteiger partial charge is 0.258 e. The number of carbonyl (C=O) groups excluding carboxylic acids is 1. The SMILES string of the molecule is CCOc1nc2ccccc2nc1N1CCCC(C(=O)NCc2ccccc2Cl)C1. The van der Waals surface area contributed by atoms with Gasteiger partial charge in [0.1, 0.15) is 0 Å². The fraction of sp³-hybridized carbons (Fsp3) is 0.348. The molecule has 0 aliphatic carbocycles. The van der Waals surface area contributed by atoms with Crippen molar-refractivity contribution >= 4 is 34.4 Å². The number of para-hydroxylation sites is 2. The minimum Gasteiger partial charge on any atom is -0.475 e. The lowest BCUT2D eigenvalue weighted by atomic mass is 9.97. The molecule has 1 amide bonds. The molecule has 1 atom stereocenters. The first-order valence-corrected chi connectivity index (χ1v) is 10.7. The van der Waals surface area contributed by atoms with Crippen LogP contribution in [0.1, 0.15) is 25.3 Å². The number of hydrogen-bond acceptors (Lipinski definition) is 5. The Balaban J connectivity index is 1.50. The summed E-state index contributed by atoms with van der Waals surface area (Å²) in [6, 6.07) is 15.3. The molecule has 2 heterocycles. The van der Waals surface area contributed by atoms with Gasteiger partial charge in [-0.15, -0.1) is 0 Å². The molecular weight excluding hydrogens is 400 g/mol. The summed E-state index contributed by atoms with van der Waals surface area (Å²) in [7, 11) is 0. The molecular formula is C23H25ClN4O2. The molecule has 0 saturated carbocycles. The average Bonchev–Trinajstić information content (AvgIpc) is 2.78. The van der Waals surface area contributed by atoms with E-state index in [1.165, 1.54) is 0 Å². The maximum absolute atomic E-state index is 12.8. The molecule has 4 rings (SSSR count). The first kappa shape index (κ1) is 20.4. The van der Waals surface area contributed by atoms with Crippen LogP contribution in [0.3, 0.4) is 0 Å². The van der Waals surface area contributed by atoms with E-state index >= 15 is 0 Å². The summed E-state index contributed by atoms with van der Waals surface area (Å²) in [6.07, 6.45) is 1.75. The van der Waals surface area contributed by atoms with Gasteiger partial charge in [-0.25, -0.2) is 9.97 Å². The third kappa shape index (κ3) is 4.49. The number of anilines is 1. The van der Waals surface area contributed by atoms with E-state index in [0.717, 1.165) is 36.0 Å². The number of benzene rings is 2. The van der Waals surface area contributed by atoms with Gasteiger partial charge in [-0.05, 0) is 43.5 Å². The van der Waals surface area contributed by atoms with E-state index in [1.807, 2.05) is 55.5 Å². The summed E-state index contributed by atoms with van der Waals surface area (Å²) in [5.74, 6) is 1.14. The fourth-order valence-electron chi connectivity index (χ4n) is 3.77. The Kier molecular flexibility index (Phi) is 6.33. The lowest BCUT2D eigenvalue weighted by Crippen LogP contribution is -2.43. The molecule has 0 bridgehead atoms. The van der Waals surface area contributed by atoms with Gasteiger partial charge in [0, 0.05) is 24.7 Å². The molecule has 2 aromatic carbocycles. The number of nitrogens with one attached hydrogen (secondary N) is 1. The number of carbonyl (C=O) groups is 1. The predicted molar refractivity (Wildman–Crippen MR) is 119 cm³/mol. The van der Waals surface area contributed by atoms with E-state index < -0.39 is 0 Å². The Bertz CT molecular complexity index is 1040. The first-order valence-electron chi connectivity index (χ1n) is 10.3. The van der Waals surface area contributed by atoms with Gasteiger partial charge < -0.3 is 15.0 Å². The zero-order valence-corrected chi connectivity index (χ0v) is 17.7. The van der Waals surface area contributed by atoms with E-state index in [2.05, 4.69) is 15.2 Å². The standard InChI is InChI=1S/C23H25ClN4O2/c1-2-30-23-21(26-19-11-5-6-12-20(19)27-23)28-13-7-9-17(15-28)22(29)25-14-16-8-3-4-10-18(16)24/h3-6,8,10-12,17H,2,7,9,13-15H2,1H3,(H,25,29). The topological polar surface area (TPSA) is 67.4 Å². The number of hydrogen-bond donors (Lipinski definition) is 1. The van der Waals surface area contributed by atoms with Crippen LogP contribution in [-0.4, -0.2) is 35.6 Å². The van der Waals surface area contributed by atoms with Gasteiger partial charge in [-0.2, -0.15) is 0 Å². The van der Waals surface area contributed by atoms with Crippen molar-refractivity contribution in [3.05, 3.63) is 59.1 Å². The molecule has 7 heteroatoms. The molecule has 1 aromatic heterocycles. The monoisotopic (exact) mass is 424 g/mol. The predicted octanol–water partition coefficient (Wildman–Crippen LogP) is 4.21. The Labute approximate surface area is 181 Å². The number of halogens is 1. The van der Waals surface area contributed by atoms with Crippen LogP contribution in [-0.2, 0) is 11.3 Å². The van der Waals surface area contributed by atoms with Crippen LogP contribution in [0, 0.1) is 5.92 Å². The summed E-state index contributed by atoms with van der Waals surface area (Å²) in [6.45, 7) is 4.27. The summed E-state index contributed by atoms with van der Waals surface area (Å²) >= 11 is 6.20. The molecule has 1 unspecified atom stereocenters. The third-order valence-electron chi connectivity index (χ3n) is 5.31. The molecule has 1 saturated heterocycles. The van der Waals surface area contributed by atoms with Crippen LogP contribution in [0.4, 0.5) is 5.82 Å². The molecule has 3 aromatic rings. The van der Waals surface area contributed by atoms with E-state index in [4.69, 9.17) is 21.3 Å². The maximum atomic E-state index is 12.8. The molecule has 1 N–H and O–H groups in total. The van der Waals surface area contributed by atoms with Crippen LogP contribution in [0.25, 0.3) is 11.0 Å². The minimum atomic E-state index is -0.121. The Hall–Kier alpha value is -2.86. The number of fused-ring (bicyclic) bond motifs is 1. The zero-order chi connectivity index (χ0) is 20.9. The number of aromatic nitrogens is 2. The van der Waals surface area contributed by atoms with Crippen molar-refractivity contribution in [3.8, 4) is 5.88 Å².